The number of nitrogens with one attached hydrogen (secondary N) is 1. The Balaban J connectivity index is 2.81. The molecule has 1 heterocycles. The molecule has 2 rings (SSSR count). The highest BCUT2D eigenvalue weighted by Gasteiger charge is 2.03. The number of nitrogens with two attached hydrogens (primary N) is 1. The summed E-state index contributed by atoms with van der Waals surface area (Å²) < 4.78 is 0. The van der Waals surface area contributed by atoms with Crippen molar-refractivity contribution in [2.24, 2.45) is 5.84 Å². The molecule has 0 saturated carbocycles. The molecule has 3 N–H and O–H groups in total. The molecule has 0 fully saturated rings. The number of fused-ring (bicyclic) bond motifs is 1. The molecule has 14 heavy (non-hydrogen) atoms. The van der Waals surface area contributed by atoms with E-state index >= 15 is 0 Å². The van der Waals surface area contributed by atoms with Crippen LogP contribution in [0.3, 0.4) is 0 Å². The van der Waals surface area contributed by atoms with Crippen LogP contribution in [0.25, 0.3) is 10.9 Å². The monoisotopic (exact) mass is 207 g/mol. The van der Waals surface area contributed by atoms with Gasteiger partial charge in [0, 0.05) is 11.5 Å². The number of nitrogen functional groups attached to an aromatic ring is 1. The van der Waals surface area contributed by atoms with E-state index in [1.54, 1.807) is 6.07 Å². The van der Waals surface area contributed by atoms with Gasteiger partial charge in [-0.1, -0.05) is 23.2 Å². The van der Waals surface area contributed by atoms with Crippen molar-refractivity contribution >= 4 is 28.2 Å². The molecule has 0 aliphatic rings. The third-order valence-electron chi connectivity index (χ3n) is 2.09. The first-order chi connectivity index (χ1) is 6.70. The average molecular weight is 208 g/mol. The standard InChI is InChI=1S/C10H10ClN3/c1-6-2-3-8-7(4-6)9(14-12)5-10(11)13-8/h2-5H,12H2,1H3,(H,13,14). The maximum absolute atomic E-state index is 5.84. The van der Waals surface area contributed by atoms with Crippen molar-refractivity contribution in [2.75, 3.05) is 5.43 Å². The molecular weight excluding hydrogens is 198 g/mol. The van der Waals surface area contributed by atoms with E-state index in [2.05, 4.69) is 10.4 Å². The maximum atomic E-state index is 5.84. The summed E-state index contributed by atoms with van der Waals surface area (Å²) >= 11 is 5.84. The van der Waals surface area contributed by atoms with Gasteiger partial charge in [0.25, 0.3) is 0 Å². The van der Waals surface area contributed by atoms with Gasteiger partial charge in [0.1, 0.15) is 5.15 Å². The van der Waals surface area contributed by atoms with E-state index < -0.39 is 0 Å². The zero-order valence-electron chi connectivity index (χ0n) is 7.71. The Hall–Kier alpha value is -1.32. The normalized spacial score (nSPS) is 10.5. The average Bonchev–Trinajstić information content (AvgIpc) is 2.17. The Morgan fingerprint density at radius 3 is 2.86 bits per heavy atom. The van der Waals surface area contributed by atoms with Gasteiger partial charge in [-0.3, -0.25) is 5.84 Å². The van der Waals surface area contributed by atoms with Gasteiger partial charge < -0.3 is 5.43 Å². The van der Waals surface area contributed by atoms with Crippen molar-refractivity contribution in [1.82, 2.24) is 4.98 Å². The number of pyridine rings is 1. The van der Waals surface area contributed by atoms with E-state index in [1.807, 2.05) is 25.1 Å². The fourth-order valence-corrected chi connectivity index (χ4v) is 1.63. The Labute approximate surface area is 86.9 Å². The van der Waals surface area contributed by atoms with Gasteiger partial charge in [-0.2, -0.15) is 0 Å². The Kier molecular flexibility index (Phi) is 2.27. The van der Waals surface area contributed by atoms with Crippen molar-refractivity contribution in [3.63, 3.8) is 0 Å². The smallest absolute Gasteiger partial charge is 0.131 e. The summed E-state index contributed by atoms with van der Waals surface area (Å²) in [5, 5.41) is 1.42. The zero-order chi connectivity index (χ0) is 10.1. The van der Waals surface area contributed by atoms with E-state index in [0.717, 1.165) is 22.2 Å². The van der Waals surface area contributed by atoms with Crippen LogP contribution in [0.5, 0.6) is 0 Å². The lowest BCUT2D eigenvalue weighted by molar-refractivity contribution is 1.33. The number of rotatable bonds is 1. The van der Waals surface area contributed by atoms with Crippen molar-refractivity contribution < 1.29 is 0 Å². The van der Waals surface area contributed by atoms with Crippen molar-refractivity contribution in [1.29, 1.82) is 0 Å². The second-order valence-corrected chi connectivity index (χ2v) is 3.54. The molecule has 3 nitrogen and oxygen atoms in total. The molecule has 0 aliphatic heterocycles. The predicted molar refractivity (Wildman–Crippen MR) is 59.3 cm³/mol. The Bertz CT molecular complexity index is 482. The fraction of sp³-hybridized carbons (Fsp3) is 0.100. The summed E-state index contributed by atoms with van der Waals surface area (Å²) in [6, 6.07) is 7.65. The van der Waals surface area contributed by atoms with Crippen LogP contribution in [0.4, 0.5) is 5.69 Å². The number of aromatic nitrogens is 1. The second-order valence-electron chi connectivity index (χ2n) is 3.16. The van der Waals surface area contributed by atoms with Gasteiger partial charge in [0.2, 0.25) is 0 Å². The highest BCUT2D eigenvalue weighted by molar-refractivity contribution is 6.30. The van der Waals surface area contributed by atoms with Gasteiger partial charge in [-0.05, 0) is 19.1 Å². The largest absolute Gasteiger partial charge is 0.323 e. The molecule has 0 spiro atoms. The van der Waals surface area contributed by atoms with Crippen molar-refractivity contribution in [3.05, 3.63) is 35.0 Å². The van der Waals surface area contributed by atoms with Crippen LogP contribution >= 0.6 is 11.6 Å². The number of nitrogens with zero attached hydrogens (tertiary/aromatic N) is 1. The van der Waals surface area contributed by atoms with Gasteiger partial charge in [-0.15, -0.1) is 0 Å². The number of hydrogen-bond acceptors (Lipinski definition) is 3. The molecule has 0 bridgehead atoms. The van der Waals surface area contributed by atoms with Crippen LogP contribution in [-0.4, -0.2) is 4.98 Å². The quantitative estimate of drug-likeness (QED) is 0.429. The third-order valence-corrected chi connectivity index (χ3v) is 2.28. The lowest BCUT2D eigenvalue weighted by atomic mass is 10.1. The Morgan fingerprint density at radius 2 is 2.14 bits per heavy atom. The molecule has 0 radical (unpaired) electrons. The lowest BCUT2D eigenvalue weighted by Gasteiger charge is -2.06. The minimum absolute atomic E-state index is 0.439. The molecule has 4 heteroatoms. The van der Waals surface area contributed by atoms with Gasteiger partial charge in [-0.25, -0.2) is 4.98 Å². The highest BCUT2D eigenvalue weighted by atomic mass is 35.5. The molecule has 0 unspecified atom stereocenters. The molecule has 72 valence electrons. The van der Waals surface area contributed by atoms with Crippen LogP contribution in [0.2, 0.25) is 5.15 Å². The summed E-state index contributed by atoms with van der Waals surface area (Å²) in [7, 11) is 0. The van der Waals surface area contributed by atoms with E-state index in [9.17, 15) is 0 Å². The zero-order valence-corrected chi connectivity index (χ0v) is 8.47. The first kappa shape index (κ1) is 9.24. The third kappa shape index (κ3) is 1.52. The van der Waals surface area contributed by atoms with Crippen LogP contribution in [0, 0.1) is 6.92 Å². The maximum Gasteiger partial charge on any atom is 0.131 e. The number of hydrogen-bond donors (Lipinski definition) is 2. The van der Waals surface area contributed by atoms with Crippen molar-refractivity contribution in [2.45, 2.75) is 6.92 Å². The molecule has 1 aromatic carbocycles. The minimum Gasteiger partial charge on any atom is -0.323 e. The molecular formula is C10H10ClN3. The summed E-state index contributed by atoms with van der Waals surface area (Å²) in [6.07, 6.45) is 0. The molecule has 2 aromatic rings. The summed E-state index contributed by atoms with van der Waals surface area (Å²) in [5.74, 6) is 5.40. The van der Waals surface area contributed by atoms with E-state index in [4.69, 9.17) is 17.4 Å². The molecule has 0 amide bonds. The van der Waals surface area contributed by atoms with Crippen LogP contribution < -0.4 is 11.3 Å². The molecule has 0 saturated heterocycles. The van der Waals surface area contributed by atoms with E-state index in [-0.39, 0.29) is 0 Å². The van der Waals surface area contributed by atoms with Crippen molar-refractivity contribution in [3.8, 4) is 0 Å². The highest BCUT2D eigenvalue weighted by Crippen LogP contribution is 2.25. The molecule has 0 atom stereocenters. The second kappa shape index (κ2) is 3.44. The van der Waals surface area contributed by atoms with E-state index in [0.29, 0.717) is 5.15 Å². The Morgan fingerprint density at radius 1 is 1.36 bits per heavy atom. The predicted octanol–water partition coefficient (Wildman–Crippen LogP) is 2.48. The summed E-state index contributed by atoms with van der Waals surface area (Å²) in [6.45, 7) is 2.02. The first-order valence-corrected chi connectivity index (χ1v) is 4.62. The van der Waals surface area contributed by atoms with Gasteiger partial charge >= 0.3 is 0 Å². The lowest BCUT2D eigenvalue weighted by Crippen LogP contribution is -2.07. The van der Waals surface area contributed by atoms with Gasteiger partial charge in [0.15, 0.2) is 0 Å². The molecule has 0 aliphatic carbocycles. The molecule has 1 aromatic heterocycles. The summed E-state index contributed by atoms with van der Waals surface area (Å²) in [4.78, 5) is 4.20. The van der Waals surface area contributed by atoms with Crippen LogP contribution in [0.1, 0.15) is 5.56 Å². The summed E-state index contributed by atoms with van der Waals surface area (Å²) in [5.41, 5.74) is 5.42. The number of benzene rings is 1. The number of aryl methyl sites for hydroxylation is 1. The van der Waals surface area contributed by atoms with E-state index in [1.165, 1.54) is 0 Å². The number of hydrazine groups is 1. The number of anilines is 1. The van der Waals surface area contributed by atoms with Crippen LogP contribution in [-0.2, 0) is 0 Å². The number of halogens is 1. The van der Waals surface area contributed by atoms with Gasteiger partial charge in [0.05, 0.1) is 11.2 Å². The SMILES string of the molecule is Cc1ccc2nc(Cl)cc(NN)c2c1. The topological polar surface area (TPSA) is 50.9 Å². The van der Waals surface area contributed by atoms with Crippen LogP contribution in [0.15, 0.2) is 24.3 Å². The fourth-order valence-electron chi connectivity index (χ4n) is 1.43. The minimum atomic E-state index is 0.439. The first-order valence-electron chi connectivity index (χ1n) is 4.24.